The minimum absolute atomic E-state index is 0.0381. The molecule has 1 aromatic heterocycles. The molecule has 1 N–H and O–H groups in total. The number of carbonyl (C=O) groups excluding carboxylic acids is 1. The first-order valence-electron chi connectivity index (χ1n) is 9.83. The van der Waals surface area contributed by atoms with Gasteiger partial charge in [0.05, 0.1) is 25.6 Å². The maximum atomic E-state index is 12.3. The van der Waals surface area contributed by atoms with Gasteiger partial charge in [-0.05, 0) is 30.2 Å². The summed E-state index contributed by atoms with van der Waals surface area (Å²) in [4.78, 5) is 14.7. The van der Waals surface area contributed by atoms with Crippen LogP contribution in [0.4, 0.5) is 0 Å². The van der Waals surface area contributed by atoms with E-state index in [0.717, 1.165) is 31.1 Å². The Balaban J connectivity index is 1.46. The Bertz CT molecular complexity index is 781. The molecule has 1 amide bonds. The maximum absolute atomic E-state index is 12.3. The second-order valence-electron chi connectivity index (χ2n) is 7.42. The highest BCUT2D eigenvalue weighted by Gasteiger charge is 2.21. The van der Waals surface area contributed by atoms with Crippen LogP contribution in [0.1, 0.15) is 13.8 Å². The number of benzene rings is 1. The van der Waals surface area contributed by atoms with E-state index in [9.17, 15) is 4.79 Å². The van der Waals surface area contributed by atoms with Crippen LogP contribution in [-0.2, 0) is 9.53 Å². The molecule has 0 radical (unpaired) electrons. The molecule has 1 aromatic carbocycles. The second-order valence-corrected chi connectivity index (χ2v) is 8.36. The van der Waals surface area contributed by atoms with Crippen molar-refractivity contribution in [2.45, 2.75) is 25.1 Å². The van der Waals surface area contributed by atoms with Crippen molar-refractivity contribution in [2.24, 2.45) is 5.92 Å². The van der Waals surface area contributed by atoms with E-state index >= 15 is 0 Å². The van der Waals surface area contributed by atoms with E-state index in [1.54, 1.807) is 13.4 Å². The van der Waals surface area contributed by atoms with Crippen molar-refractivity contribution in [2.75, 3.05) is 45.6 Å². The fourth-order valence-corrected chi connectivity index (χ4v) is 4.00. The minimum Gasteiger partial charge on any atom is -0.497 e. The summed E-state index contributed by atoms with van der Waals surface area (Å²) in [6.07, 6.45) is 1.68. The summed E-state index contributed by atoms with van der Waals surface area (Å²) in [7, 11) is 1.63. The number of morpholine rings is 1. The molecule has 9 heteroatoms. The van der Waals surface area contributed by atoms with Crippen LogP contribution in [0.5, 0.6) is 5.75 Å². The van der Waals surface area contributed by atoms with E-state index in [-0.39, 0.29) is 17.8 Å². The van der Waals surface area contributed by atoms with Crippen LogP contribution in [0.15, 0.2) is 35.7 Å². The van der Waals surface area contributed by atoms with Crippen molar-refractivity contribution in [1.29, 1.82) is 0 Å². The van der Waals surface area contributed by atoms with Crippen LogP contribution in [0.2, 0.25) is 0 Å². The zero-order chi connectivity index (χ0) is 20.6. The lowest BCUT2D eigenvalue weighted by molar-refractivity contribution is -0.119. The molecule has 1 fully saturated rings. The molecule has 0 saturated carbocycles. The third-order valence-electron chi connectivity index (χ3n) is 4.57. The SMILES string of the molecule is COc1ccc(-n2cnnc2SCC(=O)NCC2CN(CC(C)C)CCO2)cc1. The van der Waals surface area contributed by atoms with Gasteiger partial charge in [-0.2, -0.15) is 0 Å². The number of ether oxygens (including phenoxy) is 2. The highest BCUT2D eigenvalue weighted by molar-refractivity contribution is 7.99. The molecule has 1 aliphatic heterocycles. The van der Waals surface area contributed by atoms with Gasteiger partial charge in [0, 0.05) is 31.9 Å². The first-order valence-corrected chi connectivity index (χ1v) is 10.8. The predicted octanol–water partition coefficient (Wildman–Crippen LogP) is 1.84. The lowest BCUT2D eigenvalue weighted by Gasteiger charge is -2.33. The number of nitrogens with one attached hydrogen (secondary N) is 1. The Hall–Kier alpha value is -2.10. The number of methoxy groups -OCH3 is 1. The standard InChI is InChI=1S/C20H29N5O3S/c1-15(2)11-24-8-9-28-18(12-24)10-21-19(26)13-29-20-23-22-14-25(20)16-4-6-17(27-3)7-5-16/h4-7,14-15,18H,8-13H2,1-3H3,(H,21,26). The van der Waals surface area contributed by atoms with Gasteiger partial charge >= 0.3 is 0 Å². The Morgan fingerprint density at radius 1 is 1.38 bits per heavy atom. The van der Waals surface area contributed by atoms with E-state index in [1.807, 2.05) is 28.8 Å². The molecule has 0 spiro atoms. The van der Waals surface area contributed by atoms with Gasteiger partial charge in [-0.25, -0.2) is 0 Å². The fourth-order valence-electron chi connectivity index (χ4n) is 3.24. The monoisotopic (exact) mass is 419 g/mol. The summed E-state index contributed by atoms with van der Waals surface area (Å²) < 4.78 is 12.8. The summed E-state index contributed by atoms with van der Waals surface area (Å²) in [6.45, 7) is 8.55. The molecular formula is C20H29N5O3S. The number of aromatic nitrogens is 3. The molecule has 29 heavy (non-hydrogen) atoms. The van der Waals surface area contributed by atoms with Gasteiger partial charge in [0.1, 0.15) is 12.1 Å². The zero-order valence-corrected chi connectivity index (χ0v) is 18.0. The number of nitrogens with zero attached hydrogens (tertiary/aromatic N) is 4. The van der Waals surface area contributed by atoms with Crippen molar-refractivity contribution >= 4 is 17.7 Å². The normalized spacial score (nSPS) is 17.4. The minimum atomic E-state index is -0.0381. The summed E-state index contributed by atoms with van der Waals surface area (Å²) >= 11 is 1.36. The van der Waals surface area contributed by atoms with Crippen LogP contribution in [0.25, 0.3) is 5.69 Å². The third-order valence-corrected chi connectivity index (χ3v) is 5.52. The predicted molar refractivity (Wildman–Crippen MR) is 113 cm³/mol. The molecule has 158 valence electrons. The van der Waals surface area contributed by atoms with Crippen LogP contribution in [0, 0.1) is 5.92 Å². The topological polar surface area (TPSA) is 81.5 Å². The lowest BCUT2D eigenvalue weighted by Crippen LogP contribution is -2.48. The Morgan fingerprint density at radius 3 is 2.90 bits per heavy atom. The molecule has 2 heterocycles. The molecule has 1 aliphatic rings. The van der Waals surface area contributed by atoms with Crippen molar-refractivity contribution in [1.82, 2.24) is 25.0 Å². The molecule has 8 nitrogen and oxygen atoms in total. The van der Waals surface area contributed by atoms with Crippen LogP contribution in [-0.4, -0.2) is 77.3 Å². The Kier molecular flexibility index (Phi) is 7.91. The Morgan fingerprint density at radius 2 is 2.17 bits per heavy atom. The van der Waals surface area contributed by atoms with Crippen molar-refractivity contribution in [3.05, 3.63) is 30.6 Å². The van der Waals surface area contributed by atoms with Gasteiger partial charge in [0.2, 0.25) is 5.91 Å². The van der Waals surface area contributed by atoms with E-state index in [2.05, 4.69) is 34.3 Å². The molecule has 2 aromatic rings. The highest BCUT2D eigenvalue weighted by atomic mass is 32.2. The number of rotatable bonds is 9. The molecule has 1 atom stereocenters. The molecule has 0 aliphatic carbocycles. The van der Waals surface area contributed by atoms with Crippen molar-refractivity contribution in [3.63, 3.8) is 0 Å². The van der Waals surface area contributed by atoms with Crippen LogP contribution >= 0.6 is 11.8 Å². The zero-order valence-electron chi connectivity index (χ0n) is 17.2. The van der Waals surface area contributed by atoms with Crippen molar-refractivity contribution in [3.8, 4) is 11.4 Å². The summed E-state index contributed by atoms with van der Waals surface area (Å²) in [5, 5.41) is 11.7. The molecule has 0 bridgehead atoms. The van der Waals surface area contributed by atoms with Crippen molar-refractivity contribution < 1.29 is 14.3 Å². The largest absolute Gasteiger partial charge is 0.497 e. The van der Waals surface area contributed by atoms with Crippen LogP contribution < -0.4 is 10.1 Å². The molecule has 3 rings (SSSR count). The first kappa shape index (κ1) is 21.6. The number of carbonyl (C=O) groups is 1. The average molecular weight is 420 g/mol. The lowest BCUT2D eigenvalue weighted by atomic mass is 10.2. The van der Waals surface area contributed by atoms with E-state index in [0.29, 0.717) is 24.2 Å². The smallest absolute Gasteiger partial charge is 0.230 e. The van der Waals surface area contributed by atoms with Gasteiger partial charge in [-0.1, -0.05) is 25.6 Å². The number of thioether (sulfide) groups is 1. The second kappa shape index (κ2) is 10.6. The van der Waals surface area contributed by atoms with E-state index in [1.165, 1.54) is 11.8 Å². The molecule has 1 unspecified atom stereocenters. The van der Waals surface area contributed by atoms with Gasteiger partial charge in [0.15, 0.2) is 5.16 Å². The summed E-state index contributed by atoms with van der Waals surface area (Å²) in [5.74, 6) is 1.65. The van der Waals surface area contributed by atoms with Gasteiger partial charge in [-0.3, -0.25) is 14.3 Å². The first-order chi connectivity index (χ1) is 14.0. The quantitative estimate of drug-likeness (QED) is 0.621. The van der Waals surface area contributed by atoms with Gasteiger partial charge < -0.3 is 14.8 Å². The number of hydrogen-bond donors (Lipinski definition) is 1. The van der Waals surface area contributed by atoms with Gasteiger partial charge in [-0.15, -0.1) is 10.2 Å². The average Bonchev–Trinajstić information content (AvgIpc) is 3.19. The fraction of sp³-hybridized carbons (Fsp3) is 0.550. The summed E-state index contributed by atoms with van der Waals surface area (Å²) in [6, 6.07) is 7.61. The number of amides is 1. The Labute approximate surface area is 176 Å². The number of hydrogen-bond acceptors (Lipinski definition) is 7. The molecule has 1 saturated heterocycles. The molecular weight excluding hydrogens is 390 g/mol. The van der Waals surface area contributed by atoms with E-state index in [4.69, 9.17) is 9.47 Å². The maximum Gasteiger partial charge on any atom is 0.230 e. The third kappa shape index (κ3) is 6.45. The summed E-state index contributed by atoms with van der Waals surface area (Å²) in [5.41, 5.74) is 0.916. The van der Waals surface area contributed by atoms with Crippen LogP contribution in [0.3, 0.4) is 0 Å². The van der Waals surface area contributed by atoms with E-state index < -0.39 is 0 Å². The highest BCUT2D eigenvalue weighted by Crippen LogP contribution is 2.21. The van der Waals surface area contributed by atoms with Gasteiger partial charge in [0.25, 0.3) is 0 Å².